The van der Waals surface area contributed by atoms with Crippen molar-refractivity contribution in [2.75, 3.05) is 13.2 Å². The van der Waals surface area contributed by atoms with Crippen molar-refractivity contribution in [3.8, 4) is 0 Å². The molecule has 12 heteroatoms. The summed E-state index contributed by atoms with van der Waals surface area (Å²) in [4.78, 5) is 42.5. The van der Waals surface area contributed by atoms with Crippen LogP contribution in [0.1, 0.15) is 18.6 Å². The number of carbonyl (C=O) groups excluding carboxylic acids is 3. The second-order valence-corrected chi connectivity index (χ2v) is 6.27. The van der Waals surface area contributed by atoms with E-state index in [1.807, 2.05) is 0 Å². The van der Waals surface area contributed by atoms with Gasteiger partial charge in [0.25, 0.3) is 11.6 Å². The Bertz CT molecular complexity index is 696. The van der Waals surface area contributed by atoms with E-state index in [2.05, 4.69) is 10.1 Å². The first-order valence-electron chi connectivity index (χ1n) is 7.41. The van der Waals surface area contributed by atoms with Crippen molar-refractivity contribution in [2.24, 2.45) is 0 Å². The Morgan fingerprint density at radius 3 is 2.30 bits per heavy atom. The van der Waals surface area contributed by atoms with Gasteiger partial charge in [-0.2, -0.15) is 0 Å². The summed E-state index contributed by atoms with van der Waals surface area (Å²) in [5.41, 5.74) is 0.0172. The maximum atomic E-state index is 11.7. The number of non-ortho nitro benzene ring substituents is 1. The van der Waals surface area contributed by atoms with Gasteiger partial charge < -0.3 is 19.9 Å². The number of nitrogens with zero attached hydrogens (tertiary/aromatic N) is 1. The number of rotatable bonds is 9. The first-order chi connectivity index (χ1) is 12.6. The van der Waals surface area contributed by atoms with Gasteiger partial charge in [-0.05, 0) is 17.7 Å². The molecule has 0 spiro atoms. The number of aliphatic hydroxyl groups excluding tert-OH is 1. The van der Waals surface area contributed by atoms with Crippen LogP contribution in [-0.4, -0.2) is 52.0 Å². The molecule has 0 saturated heterocycles. The lowest BCUT2D eigenvalue weighted by Gasteiger charge is -2.24. The topological polar surface area (TPSA) is 145 Å². The Hall–Kier alpha value is -2.43. The lowest BCUT2D eigenvalue weighted by atomic mass is 10.0. The van der Waals surface area contributed by atoms with Gasteiger partial charge in [-0.25, -0.2) is 4.79 Å². The summed E-state index contributed by atoms with van der Waals surface area (Å²) in [7, 11) is 0. The van der Waals surface area contributed by atoms with Crippen LogP contribution in [0.25, 0.3) is 0 Å². The lowest BCUT2D eigenvalue weighted by Crippen LogP contribution is -2.45. The van der Waals surface area contributed by atoms with Gasteiger partial charge in [0, 0.05) is 19.1 Å². The van der Waals surface area contributed by atoms with Crippen molar-refractivity contribution in [3.63, 3.8) is 0 Å². The van der Waals surface area contributed by atoms with Gasteiger partial charge >= 0.3 is 11.9 Å². The first kappa shape index (κ1) is 22.6. The molecule has 1 rings (SSSR count). The van der Waals surface area contributed by atoms with Gasteiger partial charge in [0.1, 0.15) is 12.7 Å². The summed E-state index contributed by atoms with van der Waals surface area (Å²) >= 11 is 10.9. The zero-order valence-corrected chi connectivity index (χ0v) is 15.5. The lowest BCUT2D eigenvalue weighted by molar-refractivity contribution is -0.384. The summed E-state index contributed by atoms with van der Waals surface area (Å²) < 4.78 is 9.32. The van der Waals surface area contributed by atoms with Crippen molar-refractivity contribution < 1.29 is 33.9 Å². The largest absolute Gasteiger partial charge is 0.461 e. The van der Waals surface area contributed by atoms with Gasteiger partial charge in [0.05, 0.1) is 11.0 Å². The Labute approximate surface area is 163 Å². The number of hydrogen-bond donors (Lipinski definition) is 2. The van der Waals surface area contributed by atoms with Gasteiger partial charge in [0.15, 0.2) is 11.4 Å². The molecular formula is C15H16Cl2N2O8. The Morgan fingerprint density at radius 2 is 1.81 bits per heavy atom. The quantitative estimate of drug-likeness (QED) is 0.259. The fraction of sp³-hybridized carbons (Fsp3) is 0.400. The molecule has 0 fully saturated rings. The molecule has 1 amide bonds. The summed E-state index contributed by atoms with van der Waals surface area (Å²) in [5.74, 6) is -2.44. The van der Waals surface area contributed by atoms with Crippen molar-refractivity contribution in [2.45, 2.75) is 23.9 Å². The third-order valence-electron chi connectivity index (χ3n) is 3.17. The molecule has 0 bridgehead atoms. The third-order valence-corrected chi connectivity index (χ3v) is 3.57. The number of aliphatic hydroxyl groups is 1. The van der Waals surface area contributed by atoms with Crippen LogP contribution in [0.2, 0.25) is 0 Å². The number of nitro benzene ring substituents is 1. The predicted molar refractivity (Wildman–Crippen MR) is 93.1 cm³/mol. The maximum absolute atomic E-state index is 11.7. The second kappa shape index (κ2) is 10.7. The van der Waals surface area contributed by atoms with Crippen molar-refractivity contribution in [1.29, 1.82) is 0 Å². The number of esters is 2. The molecule has 0 aliphatic rings. The number of nitrogens with one attached hydrogen (secondary N) is 1. The Morgan fingerprint density at radius 1 is 1.22 bits per heavy atom. The van der Waals surface area contributed by atoms with E-state index < -0.39 is 53.0 Å². The van der Waals surface area contributed by atoms with E-state index in [1.54, 1.807) is 0 Å². The summed E-state index contributed by atoms with van der Waals surface area (Å²) in [6.07, 6.45) is -1.40. The van der Waals surface area contributed by atoms with Gasteiger partial charge in [-0.1, -0.05) is 23.2 Å². The van der Waals surface area contributed by atoms with Crippen LogP contribution in [0, 0.1) is 10.1 Å². The third kappa shape index (κ3) is 7.77. The Balaban J connectivity index is 2.85. The highest BCUT2D eigenvalue weighted by molar-refractivity contribution is 6.53. The number of halogens is 2. The van der Waals surface area contributed by atoms with Crippen LogP contribution in [0.4, 0.5) is 5.69 Å². The highest BCUT2D eigenvalue weighted by atomic mass is 35.5. The molecule has 0 unspecified atom stereocenters. The van der Waals surface area contributed by atoms with Crippen LogP contribution >= 0.6 is 23.2 Å². The molecule has 1 aromatic carbocycles. The van der Waals surface area contributed by atoms with E-state index in [4.69, 9.17) is 27.9 Å². The van der Waals surface area contributed by atoms with Crippen molar-refractivity contribution in [3.05, 3.63) is 39.9 Å². The van der Waals surface area contributed by atoms with E-state index in [0.717, 1.165) is 19.1 Å². The standard InChI is InChI=1S/C15H16Cl2N2O8/c1-8(20)26-7-12(21)27-6-11(18-15(23)14(16)17)13(22)9-2-4-10(5-3-9)19(24)25/h2-5,11,13-14,22H,6-7H2,1H3,(H,18,23)/t11-,13-/m1/s1. The molecule has 27 heavy (non-hydrogen) atoms. The highest BCUT2D eigenvalue weighted by Gasteiger charge is 2.27. The number of carbonyl (C=O) groups is 3. The van der Waals surface area contributed by atoms with Crippen LogP contribution in [0.5, 0.6) is 0 Å². The maximum Gasteiger partial charge on any atom is 0.344 e. The zero-order valence-electron chi connectivity index (χ0n) is 14.0. The van der Waals surface area contributed by atoms with E-state index in [-0.39, 0.29) is 11.3 Å². The molecule has 0 heterocycles. The number of amides is 1. The van der Waals surface area contributed by atoms with E-state index in [1.165, 1.54) is 12.1 Å². The molecule has 10 nitrogen and oxygen atoms in total. The van der Waals surface area contributed by atoms with Crippen LogP contribution < -0.4 is 5.32 Å². The van der Waals surface area contributed by atoms with Crippen molar-refractivity contribution in [1.82, 2.24) is 5.32 Å². The SMILES string of the molecule is CC(=O)OCC(=O)OC[C@@H](NC(=O)C(Cl)Cl)[C@H](O)c1ccc([N+](=O)[O-])cc1. The van der Waals surface area contributed by atoms with Gasteiger partial charge in [-0.15, -0.1) is 0 Å². The molecule has 0 radical (unpaired) electrons. The normalized spacial score (nSPS) is 12.8. The molecular weight excluding hydrogens is 407 g/mol. The van der Waals surface area contributed by atoms with Crippen LogP contribution in [-0.2, 0) is 23.9 Å². The molecule has 0 aliphatic carbocycles. The zero-order chi connectivity index (χ0) is 20.6. The number of alkyl halides is 2. The van der Waals surface area contributed by atoms with E-state index in [9.17, 15) is 29.6 Å². The number of ether oxygens (including phenoxy) is 2. The molecule has 148 valence electrons. The van der Waals surface area contributed by atoms with Crippen molar-refractivity contribution >= 4 is 46.7 Å². The fourth-order valence-electron chi connectivity index (χ4n) is 1.87. The minimum absolute atomic E-state index is 0.194. The highest BCUT2D eigenvalue weighted by Crippen LogP contribution is 2.21. The Kier molecular flexibility index (Phi) is 8.92. The first-order valence-corrected chi connectivity index (χ1v) is 8.29. The minimum Gasteiger partial charge on any atom is -0.461 e. The smallest absolute Gasteiger partial charge is 0.344 e. The van der Waals surface area contributed by atoms with Gasteiger partial charge in [-0.3, -0.25) is 19.7 Å². The molecule has 2 N–H and O–H groups in total. The fourth-order valence-corrected chi connectivity index (χ4v) is 1.99. The number of hydrogen-bond acceptors (Lipinski definition) is 8. The summed E-state index contributed by atoms with van der Waals surface area (Å²) in [6, 6.07) is 3.72. The predicted octanol–water partition coefficient (Wildman–Crippen LogP) is 1.02. The van der Waals surface area contributed by atoms with E-state index in [0.29, 0.717) is 0 Å². The molecule has 0 aliphatic heterocycles. The average Bonchev–Trinajstić information content (AvgIpc) is 2.62. The summed E-state index contributed by atoms with van der Waals surface area (Å²) in [5, 5.41) is 23.4. The van der Waals surface area contributed by atoms with E-state index >= 15 is 0 Å². The molecule has 0 aromatic heterocycles. The molecule has 2 atom stereocenters. The second-order valence-electron chi connectivity index (χ2n) is 5.17. The van der Waals surface area contributed by atoms with Crippen LogP contribution in [0.3, 0.4) is 0 Å². The minimum atomic E-state index is -1.44. The monoisotopic (exact) mass is 422 g/mol. The number of benzene rings is 1. The number of nitro groups is 1. The summed E-state index contributed by atoms with van der Waals surface area (Å²) in [6.45, 7) is -0.0303. The molecule has 0 saturated carbocycles. The van der Waals surface area contributed by atoms with Gasteiger partial charge in [0.2, 0.25) is 0 Å². The molecule has 1 aromatic rings. The van der Waals surface area contributed by atoms with Crippen LogP contribution in [0.15, 0.2) is 24.3 Å². The average molecular weight is 423 g/mol.